The van der Waals surface area contributed by atoms with Crippen LogP contribution in [0.3, 0.4) is 0 Å². The second kappa shape index (κ2) is 7.79. The van der Waals surface area contributed by atoms with E-state index in [9.17, 15) is 9.59 Å². The van der Waals surface area contributed by atoms with Crippen LogP contribution in [0.1, 0.15) is 38.2 Å². The summed E-state index contributed by atoms with van der Waals surface area (Å²) in [6, 6.07) is 9.47. The Morgan fingerprint density at radius 1 is 1.12 bits per heavy atom. The van der Waals surface area contributed by atoms with Gasteiger partial charge in [-0.3, -0.25) is 9.59 Å². The van der Waals surface area contributed by atoms with Crippen LogP contribution in [0, 0.1) is 5.92 Å². The summed E-state index contributed by atoms with van der Waals surface area (Å²) in [7, 11) is 0. The molecule has 5 nitrogen and oxygen atoms in total. The van der Waals surface area contributed by atoms with Crippen molar-refractivity contribution in [3.8, 4) is 0 Å². The summed E-state index contributed by atoms with van der Waals surface area (Å²) < 4.78 is 5.61. The summed E-state index contributed by atoms with van der Waals surface area (Å²) in [4.78, 5) is 24.8. The van der Waals surface area contributed by atoms with Gasteiger partial charge in [-0.25, -0.2) is 0 Å². The Morgan fingerprint density at radius 3 is 2.46 bits per heavy atom. The molecule has 0 spiro atoms. The van der Waals surface area contributed by atoms with Crippen molar-refractivity contribution in [1.29, 1.82) is 0 Å². The Morgan fingerprint density at radius 2 is 1.83 bits per heavy atom. The van der Waals surface area contributed by atoms with Gasteiger partial charge in [0.15, 0.2) is 0 Å². The maximum atomic E-state index is 12.5. The molecule has 2 fully saturated rings. The van der Waals surface area contributed by atoms with Gasteiger partial charge in [0, 0.05) is 12.5 Å². The van der Waals surface area contributed by atoms with Crippen LogP contribution in [-0.4, -0.2) is 36.6 Å². The lowest BCUT2D eigenvalue weighted by Gasteiger charge is -2.21. The maximum Gasteiger partial charge on any atom is 0.249 e. The molecule has 0 saturated heterocycles. The number of carbonyl (C=O) groups is 2. The minimum absolute atomic E-state index is 0.107. The molecule has 2 saturated carbocycles. The van der Waals surface area contributed by atoms with E-state index in [0.717, 1.165) is 18.4 Å². The van der Waals surface area contributed by atoms with Crippen molar-refractivity contribution in [3.05, 3.63) is 35.9 Å². The average Bonchev–Trinajstić information content (AvgIpc) is 3.48. The van der Waals surface area contributed by atoms with Gasteiger partial charge >= 0.3 is 0 Å². The molecule has 2 aliphatic rings. The Balaban J connectivity index is 1.56. The summed E-state index contributed by atoms with van der Waals surface area (Å²) in [6.45, 7) is 2.38. The van der Waals surface area contributed by atoms with Gasteiger partial charge in [0.1, 0.15) is 12.1 Å². The second-order valence-electron chi connectivity index (χ2n) is 6.95. The highest BCUT2D eigenvalue weighted by Gasteiger charge is 2.30. The molecule has 130 valence electrons. The molecular weight excluding hydrogens is 304 g/mol. The topological polar surface area (TPSA) is 67.4 Å². The quantitative estimate of drug-likeness (QED) is 0.726. The molecule has 2 atom stereocenters. The number of nitrogens with one attached hydrogen (secondary N) is 2. The van der Waals surface area contributed by atoms with Crippen molar-refractivity contribution in [3.63, 3.8) is 0 Å². The summed E-state index contributed by atoms with van der Waals surface area (Å²) in [5.74, 6) is 0.283. The Bertz CT molecular complexity index is 567. The van der Waals surface area contributed by atoms with Crippen LogP contribution < -0.4 is 10.6 Å². The van der Waals surface area contributed by atoms with Crippen molar-refractivity contribution in [2.75, 3.05) is 6.61 Å². The first-order chi connectivity index (χ1) is 11.6. The second-order valence-corrected chi connectivity index (χ2v) is 6.95. The van der Waals surface area contributed by atoms with E-state index in [1.807, 2.05) is 30.3 Å². The van der Waals surface area contributed by atoms with Crippen LogP contribution in [0.2, 0.25) is 0 Å². The highest BCUT2D eigenvalue weighted by atomic mass is 16.5. The molecule has 3 rings (SSSR count). The van der Waals surface area contributed by atoms with E-state index in [1.165, 1.54) is 12.8 Å². The van der Waals surface area contributed by atoms with Gasteiger partial charge in [0.25, 0.3) is 0 Å². The van der Waals surface area contributed by atoms with Crippen molar-refractivity contribution in [1.82, 2.24) is 10.6 Å². The lowest BCUT2D eigenvalue weighted by Crippen LogP contribution is -2.51. The number of benzene rings is 1. The van der Waals surface area contributed by atoms with Crippen LogP contribution >= 0.6 is 0 Å². The third kappa shape index (κ3) is 5.34. The van der Waals surface area contributed by atoms with Gasteiger partial charge in [-0.15, -0.1) is 0 Å². The Kier molecular flexibility index (Phi) is 5.51. The predicted octanol–water partition coefficient (Wildman–Crippen LogP) is 1.81. The van der Waals surface area contributed by atoms with Crippen LogP contribution in [0.4, 0.5) is 0 Å². The molecule has 2 N–H and O–H groups in total. The highest BCUT2D eigenvalue weighted by molar-refractivity contribution is 5.89. The van der Waals surface area contributed by atoms with Gasteiger partial charge in [0.2, 0.25) is 11.8 Å². The van der Waals surface area contributed by atoms with E-state index >= 15 is 0 Å². The molecule has 0 heterocycles. The lowest BCUT2D eigenvalue weighted by atomic mass is 10.0. The standard InChI is InChI=1S/C19H26N2O3/c1-13(24-12-15-7-8-15)18(22)21-17(19(23)20-16-9-10-16)11-14-5-3-2-4-6-14/h2-6,13,15-17H,7-12H2,1H3,(H,20,23)(H,21,22)/t13-,17-/m0/s1. The van der Waals surface area contributed by atoms with Crippen LogP contribution in [0.25, 0.3) is 0 Å². The molecule has 0 bridgehead atoms. The zero-order valence-corrected chi connectivity index (χ0v) is 14.2. The van der Waals surface area contributed by atoms with E-state index in [1.54, 1.807) is 6.92 Å². The lowest BCUT2D eigenvalue weighted by molar-refractivity contribution is -0.136. The van der Waals surface area contributed by atoms with Crippen molar-refractivity contribution in [2.45, 2.75) is 57.2 Å². The van der Waals surface area contributed by atoms with Gasteiger partial charge in [-0.05, 0) is 44.1 Å². The molecule has 5 heteroatoms. The number of rotatable bonds is 9. The fourth-order valence-corrected chi connectivity index (χ4v) is 2.52. The van der Waals surface area contributed by atoms with Gasteiger partial charge in [-0.1, -0.05) is 30.3 Å². The molecule has 0 aliphatic heterocycles. The molecule has 0 unspecified atom stereocenters. The van der Waals surface area contributed by atoms with E-state index in [0.29, 0.717) is 18.9 Å². The minimum Gasteiger partial charge on any atom is -0.368 e. The van der Waals surface area contributed by atoms with Gasteiger partial charge in [0.05, 0.1) is 6.61 Å². The number of amides is 2. The van der Waals surface area contributed by atoms with E-state index in [4.69, 9.17) is 4.74 Å². The summed E-state index contributed by atoms with van der Waals surface area (Å²) in [5, 5.41) is 5.85. The fourth-order valence-electron chi connectivity index (χ4n) is 2.52. The number of hydrogen-bond donors (Lipinski definition) is 2. The third-order valence-electron chi connectivity index (χ3n) is 4.49. The summed E-state index contributed by atoms with van der Waals surface area (Å²) in [5.41, 5.74) is 1.03. The Hall–Kier alpha value is -1.88. The molecule has 2 amide bonds. The molecule has 1 aromatic carbocycles. The van der Waals surface area contributed by atoms with Crippen LogP contribution in [0.5, 0.6) is 0 Å². The number of carbonyl (C=O) groups excluding carboxylic acids is 2. The summed E-state index contributed by atoms with van der Waals surface area (Å²) >= 11 is 0. The van der Waals surface area contributed by atoms with Crippen molar-refractivity contribution >= 4 is 11.8 Å². The van der Waals surface area contributed by atoms with Crippen LogP contribution in [0.15, 0.2) is 30.3 Å². The van der Waals surface area contributed by atoms with E-state index < -0.39 is 12.1 Å². The largest absolute Gasteiger partial charge is 0.368 e. The van der Waals surface area contributed by atoms with Gasteiger partial charge in [-0.2, -0.15) is 0 Å². The maximum absolute atomic E-state index is 12.5. The molecule has 1 aromatic rings. The minimum atomic E-state index is -0.563. The third-order valence-corrected chi connectivity index (χ3v) is 4.49. The number of hydrogen-bond acceptors (Lipinski definition) is 3. The molecule has 0 aromatic heterocycles. The highest BCUT2D eigenvalue weighted by Crippen LogP contribution is 2.29. The fraction of sp³-hybridized carbons (Fsp3) is 0.579. The van der Waals surface area contributed by atoms with E-state index in [2.05, 4.69) is 10.6 Å². The SMILES string of the molecule is C[C@H](OCC1CC1)C(=O)N[C@@H](Cc1ccccc1)C(=O)NC1CC1. The first kappa shape index (κ1) is 17.0. The zero-order chi connectivity index (χ0) is 16.9. The predicted molar refractivity (Wildman–Crippen MR) is 91.4 cm³/mol. The molecular formula is C19H26N2O3. The van der Waals surface area contributed by atoms with Gasteiger partial charge < -0.3 is 15.4 Å². The van der Waals surface area contributed by atoms with Crippen molar-refractivity contribution in [2.24, 2.45) is 5.92 Å². The smallest absolute Gasteiger partial charge is 0.249 e. The first-order valence-corrected chi connectivity index (χ1v) is 8.88. The molecule has 0 radical (unpaired) electrons. The normalized spacial score (nSPS) is 19.4. The molecule has 2 aliphatic carbocycles. The average molecular weight is 330 g/mol. The molecule has 24 heavy (non-hydrogen) atoms. The number of ether oxygens (including phenoxy) is 1. The zero-order valence-electron chi connectivity index (χ0n) is 14.2. The summed E-state index contributed by atoms with van der Waals surface area (Å²) in [6.07, 6.45) is 4.39. The first-order valence-electron chi connectivity index (χ1n) is 8.88. The van der Waals surface area contributed by atoms with E-state index in [-0.39, 0.29) is 17.9 Å². The monoisotopic (exact) mass is 330 g/mol. The van der Waals surface area contributed by atoms with Crippen molar-refractivity contribution < 1.29 is 14.3 Å². The Labute approximate surface area is 143 Å². The van der Waals surface area contributed by atoms with Crippen LogP contribution in [-0.2, 0) is 20.7 Å².